The standard InChI is InChI=1S/C9H19N3O2S/c1-4-5-12-8-9(6-10-2)7-11(3)15(12,13)14/h4,9-10H,1,5-8H2,2-3H3. The van der Waals surface area contributed by atoms with Crippen molar-refractivity contribution in [1.82, 2.24) is 13.9 Å². The van der Waals surface area contributed by atoms with Crippen LogP contribution in [0.4, 0.5) is 0 Å². The first-order chi connectivity index (χ1) is 7.02. The summed E-state index contributed by atoms with van der Waals surface area (Å²) in [7, 11) is 0.246. The molecule has 88 valence electrons. The first-order valence-corrected chi connectivity index (χ1v) is 6.39. The molecule has 15 heavy (non-hydrogen) atoms. The van der Waals surface area contributed by atoms with Crippen LogP contribution in [0.1, 0.15) is 0 Å². The molecule has 0 amide bonds. The van der Waals surface area contributed by atoms with Crippen LogP contribution in [0.3, 0.4) is 0 Å². The fourth-order valence-electron chi connectivity index (χ4n) is 1.83. The maximum atomic E-state index is 11.8. The molecular weight excluding hydrogens is 214 g/mol. The molecule has 0 radical (unpaired) electrons. The lowest BCUT2D eigenvalue weighted by Crippen LogP contribution is -2.53. The summed E-state index contributed by atoms with van der Waals surface area (Å²) in [5.74, 6) is 0.337. The molecule has 1 fully saturated rings. The van der Waals surface area contributed by atoms with E-state index in [1.807, 2.05) is 7.05 Å². The average molecular weight is 233 g/mol. The van der Waals surface area contributed by atoms with E-state index in [0.717, 1.165) is 6.54 Å². The van der Waals surface area contributed by atoms with E-state index < -0.39 is 10.2 Å². The van der Waals surface area contributed by atoms with Crippen molar-refractivity contribution in [3.8, 4) is 0 Å². The molecule has 5 nitrogen and oxygen atoms in total. The molecule has 0 aromatic heterocycles. The van der Waals surface area contributed by atoms with Gasteiger partial charge in [0.05, 0.1) is 0 Å². The van der Waals surface area contributed by atoms with Gasteiger partial charge in [0.25, 0.3) is 10.2 Å². The lowest BCUT2D eigenvalue weighted by molar-refractivity contribution is 0.250. The van der Waals surface area contributed by atoms with Gasteiger partial charge in [-0.1, -0.05) is 6.08 Å². The van der Waals surface area contributed by atoms with E-state index >= 15 is 0 Å². The average Bonchev–Trinajstić information content (AvgIpc) is 2.15. The van der Waals surface area contributed by atoms with Crippen molar-refractivity contribution < 1.29 is 8.42 Å². The zero-order chi connectivity index (χ0) is 11.5. The SMILES string of the molecule is C=CCN1CC(CNC)CN(C)S1(=O)=O. The molecule has 0 spiro atoms. The number of nitrogens with zero attached hydrogens (tertiary/aromatic N) is 2. The van der Waals surface area contributed by atoms with Crippen LogP contribution < -0.4 is 5.32 Å². The molecule has 1 atom stereocenters. The first kappa shape index (κ1) is 12.6. The van der Waals surface area contributed by atoms with Crippen molar-refractivity contribution in [3.63, 3.8) is 0 Å². The topological polar surface area (TPSA) is 52.6 Å². The van der Waals surface area contributed by atoms with Gasteiger partial charge < -0.3 is 5.32 Å². The van der Waals surface area contributed by atoms with Gasteiger partial charge in [0, 0.05) is 33.2 Å². The smallest absolute Gasteiger partial charge is 0.282 e. The van der Waals surface area contributed by atoms with Crippen LogP contribution in [0.15, 0.2) is 12.7 Å². The zero-order valence-corrected chi connectivity index (χ0v) is 10.1. The van der Waals surface area contributed by atoms with Gasteiger partial charge >= 0.3 is 0 Å². The Hall–Kier alpha value is -0.430. The van der Waals surface area contributed by atoms with Crippen LogP contribution in [0.5, 0.6) is 0 Å². The summed E-state index contributed by atoms with van der Waals surface area (Å²) < 4.78 is 26.5. The Morgan fingerprint density at radius 2 is 2.20 bits per heavy atom. The monoisotopic (exact) mass is 233 g/mol. The Morgan fingerprint density at radius 3 is 2.73 bits per heavy atom. The van der Waals surface area contributed by atoms with Gasteiger partial charge in [-0.25, -0.2) is 0 Å². The minimum absolute atomic E-state index is 0.337. The third kappa shape index (κ3) is 2.78. The van der Waals surface area contributed by atoms with Crippen molar-refractivity contribution in [2.75, 3.05) is 40.3 Å². The predicted molar refractivity (Wildman–Crippen MR) is 60.7 cm³/mol. The van der Waals surface area contributed by atoms with E-state index in [0.29, 0.717) is 25.6 Å². The summed E-state index contributed by atoms with van der Waals surface area (Å²) in [6.45, 7) is 5.93. The molecule has 1 saturated heterocycles. The van der Waals surface area contributed by atoms with Gasteiger partial charge in [-0.2, -0.15) is 17.0 Å². The molecule has 0 saturated carbocycles. The summed E-state index contributed by atoms with van der Waals surface area (Å²) in [5, 5.41) is 3.07. The molecule has 0 bridgehead atoms. The molecule has 1 N–H and O–H groups in total. The van der Waals surface area contributed by atoms with Gasteiger partial charge in [-0.3, -0.25) is 0 Å². The molecule has 1 unspecified atom stereocenters. The molecule has 0 aromatic rings. The Balaban J connectivity index is 2.77. The quantitative estimate of drug-likeness (QED) is 0.666. The van der Waals surface area contributed by atoms with Gasteiger partial charge in [0.2, 0.25) is 0 Å². The molecule has 1 aliphatic heterocycles. The number of rotatable bonds is 4. The van der Waals surface area contributed by atoms with Crippen LogP contribution in [0, 0.1) is 5.92 Å². The molecule has 1 aliphatic rings. The molecule has 0 aliphatic carbocycles. The summed E-state index contributed by atoms with van der Waals surface area (Å²) in [5.41, 5.74) is 0. The van der Waals surface area contributed by atoms with E-state index in [1.165, 1.54) is 8.61 Å². The normalized spacial score (nSPS) is 27.7. The Morgan fingerprint density at radius 1 is 1.53 bits per heavy atom. The minimum Gasteiger partial charge on any atom is -0.319 e. The highest BCUT2D eigenvalue weighted by Crippen LogP contribution is 2.17. The second-order valence-corrected chi connectivity index (χ2v) is 5.85. The van der Waals surface area contributed by atoms with Crippen LogP contribution in [0.2, 0.25) is 0 Å². The maximum absolute atomic E-state index is 11.8. The summed E-state index contributed by atoms with van der Waals surface area (Å²) in [6.07, 6.45) is 1.62. The highest BCUT2D eigenvalue weighted by molar-refractivity contribution is 7.86. The van der Waals surface area contributed by atoms with E-state index in [4.69, 9.17) is 0 Å². The van der Waals surface area contributed by atoms with Gasteiger partial charge in [0.15, 0.2) is 0 Å². The Bertz CT molecular complexity index is 315. The van der Waals surface area contributed by atoms with Crippen LogP contribution >= 0.6 is 0 Å². The Labute approximate surface area is 91.9 Å². The first-order valence-electron chi connectivity index (χ1n) is 4.99. The minimum atomic E-state index is -3.25. The largest absolute Gasteiger partial charge is 0.319 e. The van der Waals surface area contributed by atoms with Crippen LogP contribution in [0.25, 0.3) is 0 Å². The van der Waals surface area contributed by atoms with Crippen molar-refractivity contribution in [2.24, 2.45) is 5.92 Å². The van der Waals surface area contributed by atoms with Gasteiger partial charge in [-0.05, 0) is 13.0 Å². The van der Waals surface area contributed by atoms with Crippen LogP contribution in [-0.4, -0.2) is 57.3 Å². The van der Waals surface area contributed by atoms with E-state index in [1.54, 1.807) is 13.1 Å². The summed E-state index contributed by atoms with van der Waals surface area (Å²) in [6, 6.07) is 0. The van der Waals surface area contributed by atoms with Crippen molar-refractivity contribution in [3.05, 3.63) is 12.7 Å². The third-order valence-corrected chi connectivity index (χ3v) is 4.41. The van der Waals surface area contributed by atoms with Crippen molar-refractivity contribution >= 4 is 10.2 Å². The van der Waals surface area contributed by atoms with E-state index in [9.17, 15) is 8.42 Å². The van der Waals surface area contributed by atoms with Gasteiger partial charge in [0.1, 0.15) is 0 Å². The van der Waals surface area contributed by atoms with E-state index in [-0.39, 0.29) is 0 Å². The van der Waals surface area contributed by atoms with Gasteiger partial charge in [-0.15, -0.1) is 6.58 Å². The number of hydrogen-bond donors (Lipinski definition) is 1. The third-order valence-electron chi connectivity index (χ3n) is 2.52. The lowest BCUT2D eigenvalue weighted by atomic mass is 10.1. The fourth-order valence-corrected chi connectivity index (χ4v) is 3.31. The van der Waals surface area contributed by atoms with Crippen molar-refractivity contribution in [1.29, 1.82) is 0 Å². The van der Waals surface area contributed by atoms with E-state index in [2.05, 4.69) is 11.9 Å². The second kappa shape index (κ2) is 5.07. The highest BCUT2D eigenvalue weighted by Gasteiger charge is 2.34. The zero-order valence-electron chi connectivity index (χ0n) is 9.31. The molecular formula is C9H19N3O2S. The molecule has 1 heterocycles. The second-order valence-electron chi connectivity index (χ2n) is 3.82. The van der Waals surface area contributed by atoms with Crippen LogP contribution in [-0.2, 0) is 10.2 Å². The predicted octanol–water partition coefficient (Wildman–Crippen LogP) is -0.500. The number of nitrogens with one attached hydrogen (secondary N) is 1. The molecule has 1 rings (SSSR count). The molecule has 6 heteroatoms. The summed E-state index contributed by atoms with van der Waals surface area (Å²) in [4.78, 5) is 0. The highest BCUT2D eigenvalue weighted by atomic mass is 32.2. The maximum Gasteiger partial charge on any atom is 0.282 e. The fraction of sp³-hybridized carbons (Fsp3) is 0.778. The Kier molecular flexibility index (Phi) is 4.27. The van der Waals surface area contributed by atoms with Crippen molar-refractivity contribution in [2.45, 2.75) is 0 Å². The lowest BCUT2D eigenvalue weighted by Gasteiger charge is -2.36. The molecule has 0 aromatic carbocycles. The summed E-state index contributed by atoms with van der Waals surface area (Å²) >= 11 is 0. The number of hydrogen-bond acceptors (Lipinski definition) is 3.